The highest BCUT2D eigenvalue weighted by Crippen LogP contribution is 2.15. The maximum Gasteiger partial charge on any atom is 0.323 e. The van der Waals surface area contributed by atoms with Crippen molar-refractivity contribution in [3.8, 4) is 0 Å². The van der Waals surface area contributed by atoms with Gasteiger partial charge in [-0.15, -0.1) is 12.4 Å². The van der Waals surface area contributed by atoms with E-state index in [4.69, 9.17) is 15.2 Å². The molecule has 1 atom stereocenters. The fraction of sp³-hybridized carbons (Fsp3) is 0.909. The first-order chi connectivity index (χ1) is 7.11. The van der Waals surface area contributed by atoms with E-state index in [1.165, 1.54) is 0 Å². The molecule has 0 aliphatic carbocycles. The van der Waals surface area contributed by atoms with Crippen molar-refractivity contribution in [2.45, 2.75) is 32.7 Å². The average molecular weight is 252 g/mol. The molecule has 4 nitrogen and oxygen atoms in total. The van der Waals surface area contributed by atoms with E-state index in [0.29, 0.717) is 12.5 Å². The number of carbonyl (C=O) groups is 1. The average Bonchev–Trinajstić information content (AvgIpc) is 2.26. The van der Waals surface area contributed by atoms with Gasteiger partial charge in [0.15, 0.2) is 0 Å². The van der Waals surface area contributed by atoms with Crippen LogP contribution >= 0.6 is 12.4 Å². The summed E-state index contributed by atoms with van der Waals surface area (Å²) in [6, 6.07) is -0.496. The van der Waals surface area contributed by atoms with Crippen molar-refractivity contribution < 1.29 is 14.3 Å². The van der Waals surface area contributed by atoms with Crippen LogP contribution in [0.1, 0.15) is 26.7 Å². The van der Waals surface area contributed by atoms with Gasteiger partial charge in [0.1, 0.15) is 6.04 Å². The number of hydrogen-bond acceptors (Lipinski definition) is 4. The van der Waals surface area contributed by atoms with Gasteiger partial charge in [0.25, 0.3) is 0 Å². The summed E-state index contributed by atoms with van der Waals surface area (Å²) in [5, 5.41) is 0. The van der Waals surface area contributed by atoms with Gasteiger partial charge in [0, 0.05) is 13.2 Å². The predicted octanol–water partition coefficient (Wildman–Crippen LogP) is 1.36. The Morgan fingerprint density at radius 2 is 2.00 bits per heavy atom. The van der Waals surface area contributed by atoms with Crippen LogP contribution in [0.5, 0.6) is 0 Å². The minimum Gasteiger partial charge on any atom is -0.464 e. The first-order valence-electron chi connectivity index (χ1n) is 5.61. The number of rotatable bonds is 4. The number of halogens is 1. The summed E-state index contributed by atoms with van der Waals surface area (Å²) in [6.45, 7) is 5.88. The zero-order valence-corrected chi connectivity index (χ0v) is 10.8. The summed E-state index contributed by atoms with van der Waals surface area (Å²) in [6.07, 6.45) is 1.95. The molecular formula is C11H22ClNO3. The molecule has 1 saturated heterocycles. The molecule has 1 unspecified atom stereocenters. The highest BCUT2D eigenvalue weighted by atomic mass is 35.5. The van der Waals surface area contributed by atoms with E-state index in [1.807, 2.05) is 13.8 Å². The van der Waals surface area contributed by atoms with Crippen molar-refractivity contribution >= 4 is 18.4 Å². The molecule has 1 aliphatic rings. The maximum atomic E-state index is 11.4. The third-order valence-electron chi connectivity index (χ3n) is 2.79. The predicted molar refractivity (Wildman–Crippen MR) is 64.6 cm³/mol. The summed E-state index contributed by atoms with van der Waals surface area (Å²) in [5.41, 5.74) is 5.68. The Morgan fingerprint density at radius 1 is 1.44 bits per heavy atom. The SMILES string of the molecule is CC(C)C(N)C(=O)OCC1CCOCC1.Cl. The van der Waals surface area contributed by atoms with Crippen LogP contribution in [-0.4, -0.2) is 31.8 Å². The summed E-state index contributed by atoms with van der Waals surface area (Å²) in [7, 11) is 0. The molecule has 5 heteroatoms. The lowest BCUT2D eigenvalue weighted by atomic mass is 10.0. The Morgan fingerprint density at radius 3 is 2.50 bits per heavy atom. The number of ether oxygens (including phenoxy) is 2. The molecule has 1 heterocycles. The third-order valence-corrected chi connectivity index (χ3v) is 2.79. The van der Waals surface area contributed by atoms with Gasteiger partial charge >= 0.3 is 5.97 Å². The van der Waals surface area contributed by atoms with Crippen molar-refractivity contribution in [1.29, 1.82) is 0 Å². The molecule has 16 heavy (non-hydrogen) atoms. The van der Waals surface area contributed by atoms with Crippen LogP contribution in [0.15, 0.2) is 0 Å². The second-order valence-electron chi connectivity index (χ2n) is 4.46. The first-order valence-corrected chi connectivity index (χ1v) is 5.61. The Labute approximate surface area is 103 Å². The standard InChI is InChI=1S/C11H21NO3.ClH/c1-8(2)10(12)11(13)15-7-9-3-5-14-6-4-9;/h8-10H,3-7,12H2,1-2H3;1H. The summed E-state index contributed by atoms with van der Waals surface area (Å²) in [5.74, 6) is 0.297. The van der Waals surface area contributed by atoms with Crippen LogP contribution in [0.4, 0.5) is 0 Å². The largest absolute Gasteiger partial charge is 0.464 e. The quantitative estimate of drug-likeness (QED) is 0.767. The molecule has 0 aromatic rings. The van der Waals surface area contributed by atoms with E-state index >= 15 is 0 Å². The van der Waals surface area contributed by atoms with Crippen molar-refractivity contribution in [2.24, 2.45) is 17.6 Å². The molecule has 0 amide bonds. The van der Waals surface area contributed by atoms with Gasteiger partial charge in [-0.25, -0.2) is 0 Å². The smallest absolute Gasteiger partial charge is 0.323 e. The fourth-order valence-electron chi connectivity index (χ4n) is 1.48. The van der Waals surface area contributed by atoms with Gasteiger partial charge in [-0.05, 0) is 24.7 Å². The van der Waals surface area contributed by atoms with Crippen LogP contribution in [0.2, 0.25) is 0 Å². The van der Waals surface area contributed by atoms with Gasteiger partial charge in [0.2, 0.25) is 0 Å². The normalized spacial score (nSPS) is 19.0. The van der Waals surface area contributed by atoms with E-state index in [2.05, 4.69) is 0 Å². The van der Waals surface area contributed by atoms with Gasteiger partial charge in [-0.3, -0.25) is 4.79 Å². The van der Waals surface area contributed by atoms with Crippen molar-refractivity contribution in [3.63, 3.8) is 0 Å². The molecule has 0 aromatic heterocycles. The van der Waals surface area contributed by atoms with E-state index < -0.39 is 6.04 Å². The number of esters is 1. The number of nitrogens with two attached hydrogens (primary N) is 1. The highest BCUT2D eigenvalue weighted by molar-refractivity contribution is 5.85. The van der Waals surface area contributed by atoms with Gasteiger partial charge < -0.3 is 15.2 Å². The zero-order chi connectivity index (χ0) is 11.3. The molecule has 1 aliphatic heterocycles. The Balaban J connectivity index is 0.00000225. The van der Waals surface area contributed by atoms with Crippen LogP contribution in [0.25, 0.3) is 0 Å². The van der Waals surface area contributed by atoms with E-state index in [-0.39, 0.29) is 24.3 Å². The van der Waals surface area contributed by atoms with E-state index in [0.717, 1.165) is 26.1 Å². The van der Waals surface area contributed by atoms with Crippen LogP contribution < -0.4 is 5.73 Å². The van der Waals surface area contributed by atoms with Crippen molar-refractivity contribution in [1.82, 2.24) is 0 Å². The van der Waals surface area contributed by atoms with E-state index in [1.54, 1.807) is 0 Å². The monoisotopic (exact) mass is 251 g/mol. The van der Waals surface area contributed by atoms with Crippen LogP contribution in [0, 0.1) is 11.8 Å². The zero-order valence-electron chi connectivity index (χ0n) is 9.98. The molecule has 0 saturated carbocycles. The van der Waals surface area contributed by atoms with Crippen molar-refractivity contribution in [2.75, 3.05) is 19.8 Å². The molecule has 2 N–H and O–H groups in total. The number of carbonyl (C=O) groups excluding carboxylic acids is 1. The molecule has 1 fully saturated rings. The Kier molecular flexibility index (Phi) is 7.72. The lowest BCUT2D eigenvalue weighted by Gasteiger charge is -2.22. The lowest BCUT2D eigenvalue weighted by molar-refractivity contribution is -0.148. The molecule has 0 radical (unpaired) electrons. The molecule has 96 valence electrons. The van der Waals surface area contributed by atoms with Gasteiger partial charge in [-0.2, -0.15) is 0 Å². The van der Waals surface area contributed by atoms with Crippen LogP contribution in [-0.2, 0) is 14.3 Å². The second-order valence-corrected chi connectivity index (χ2v) is 4.46. The minimum absolute atomic E-state index is 0. The summed E-state index contributed by atoms with van der Waals surface area (Å²) in [4.78, 5) is 11.4. The molecular weight excluding hydrogens is 230 g/mol. The second kappa shape index (κ2) is 7.87. The van der Waals surface area contributed by atoms with Crippen LogP contribution in [0.3, 0.4) is 0 Å². The maximum absolute atomic E-state index is 11.4. The van der Waals surface area contributed by atoms with Crippen molar-refractivity contribution in [3.05, 3.63) is 0 Å². The van der Waals surface area contributed by atoms with Gasteiger partial charge in [0.05, 0.1) is 6.61 Å². The molecule has 0 spiro atoms. The minimum atomic E-state index is -0.496. The lowest BCUT2D eigenvalue weighted by Crippen LogP contribution is -2.38. The van der Waals surface area contributed by atoms with Gasteiger partial charge in [-0.1, -0.05) is 13.8 Å². The summed E-state index contributed by atoms with van der Waals surface area (Å²) >= 11 is 0. The Hall–Kier alpha value is -0.320. The number of hydrogen-bond donors (Lipinski definition) is 1. The highest BCUT2D eigenvalue weighted by Gasteiger charge is 2.21. The fourth-order valence-corrected chi connectivity index (χ4v) is 1.48. The molecule has 0 bridgehead atoms. The first kappa shape index (κ1) is 15.7. The summed E-state index contributed by atoms with van der Waals surface area (Å²) < 4.78 is 10.4. The van der Waals surface area contributed by atoms with E-state index in [9.17, 15) is 4.79 Å². The topological polar surface area (TPSA) is 61.6 Å². The molecule has 1 rings (SSSR count). The third kappa shape index (κ3) is 5.14. The Bertz CT molecular complexity index is 205. The molecule has 0 aromatic carbocycles.